The third kappa shape index (κ3) is 4.54. The van der Waals surface area contributed by atoms with Crippen molar-refractivity contribution in [2.45, 2.75) is 12.8 Å². The molecule has 4 rings (SSSR count). The molecular formula is C18H9BrClF4N5O2. The van der Waals surface area contributed by atoms with E-state index in [-0.39, 0.29) is 11.8 Å². The molecule has 7 nitrogen and oxygen atoms in total. The van der Waals surface area contributed by atoms with Crippen LogP contribution in [-0.4, -0.2) is 25.0 Å². The van der Waals surface area contributed by atoms with Crippen molar-refractivity contribution in [2.75, 3.05) is 0 Å². The number of rotatable bonds is 5. The van der Waals surface area contributed by atoms with E-state index in [1.165, 1.54) is 10.9 Å². The lowest BCUT2D eigenvalue weighted by Gasteiger charge is -2.10. The van der Waals surface area contributed by atoms with Gasteiger partial charge in [-0.05, 0) is 46.3 Å². The van der Waals surface area contributed by atoms with Crippen molar-refractivity contribution in [3.8, 4) is 23.2 Å². The maximum atomic E-state index is 13.8. The number of halogens is 6. The van der Waals surface area contributed by atoms with Gasteiger partial charge in [0, 0.05) is 12.3 Å². The Morgan fingerprint density at radius 2 is 1.97 bits per heavy atom. The van der Waals surface area contributed by atoms with Crippen LogP contribution in [0.2, 0.25) is 5.02 Å². The highest BCUT2D eigenvalue weighted by Gasteiger charge is 2.31. The average Bonchev–Trinajstić information content (AvgIpc) is 3.33. The fraction of sp³-hybridized carbons (Fsp3) is 0.111. The van der Waals surface area contributed by atoms with Gasteiger partial charge in [0.05, 0.1) is 10.6 Å². The summed E-state index contributed by atoms with van der Waals surface area (Å²) in [6.07, 6.45) is -3.11. The van der Waals surface area contributed by atoms with E-state index in [1.54, 1.807) is 18.2 Å². The van der Waals surface area contributed by atoms with Gasteiger partial charge in [-0.25, -0.2) is 14.1 Å². The minimum Gasteiger partial charge on any atom is -0.481 e. The molecule has 0 unspecified atom stereocenters. The van der Waals surface area contributed by atoms with Crippen molar-refractivity contribution in [1.29, 1.82) is 0 Å². The minimum absolute atomic E-state index is 0.0167. The molecule has 0 aliphatic carbocycles. The maximum absolute atomic E-state index is 13.8. The molecule has 31 heavy (non-hydrogen) atoms. The predicted octanol–water partition coefficient (Wildman–Crippen LogP) is 5.47. The van der Waals surface area contributed by atoms with E-state index in [0.717, 1.165) is 0 Å². The number of pyridine rings is 1. The van der Waals surface area contributed by atoms with Crippen LogP contribution in [0.1, 0.15) is 11.5 Å². The molecule has 3 heterocycles. The molecular weight excluding hydrogens is 510 g/mol. The van der Waals surface area contributed by atoms with Gasteiger partial charge in [-0.1, -0.05) is 11.6 Å². The second-order valence-corrected chi connectivity index (χ2v) is 7.23. The Morgan fingerprint density at radius 1 is 1.16 bits per heavy atom. The Bertz CT molecular complexity index is 1240. The van der Waals surface area contributed by atoms with E-state index in [2.05, 4.69) is 36.2 Å². The Balaban J connectivity index is 1.58. The SMILES string of the molecule is Fc1ccc(C(F)(F)F)cc1OCc1nnc(-c2cc(Br)nn2-c2ncccc2Cl)o1. The number of aromatic nitrogens is 5. The summed E-state index contributed by atoms with van der Waals surface area (Å²) in [5, 5.41) is 12.2. The van der Waals surface area contributed by atoms with Crippen LogP contribution in [-0.2, 0) is 12.8 Å². The van der Waals surface area contributed by atoms with E-state index >= 15 is 0 Å². The van der Waals surface area contributed by atoms with Crippen LogP contribution in [0.25, 0.3) is 17.4 Å². The van der Waals surface area contributed by atoms with Crippen LogP contribution in [0.3, 0.4) is 0 Å². The Morgan fingerprint density at radius 3 is 2.71 bits per heavy atom. The Hall–Kier alpha value is -2.99. The first-order valence-electron chi connectivity index (χ1n) is 8.41. The molecule has 160 valence electrons. The zero-order chi connectivity index (χ0) is 22.2. The van der Waals surface area contributed by atoms with E-state index in [0.29, 0.717) is 39.3 Å². The van der Waals surface area contributed by atoms with Crippen LogP contribution in [0.5, 0.6) is 5.75 Å². The van der Waals surface area contributed by atoms with E-state index in [4.69, 9.17) is 20.8 Å². The lowest BCUT2D eigenvalue weighted by Crippen LogP contribution is -2.06. The molecule has 0 atom stereocenters. The summed E-state index contributed by atoms with van der Waals surface area (Å²) in [7, 11) is 0. The first kappa shape index (κ1) is 21.2. The molecule has 0 aliphatic rings. The van der Waals surface area contributed by atoms with Gasteiger partial charge < -0.3 is 9.15 Å². The van der Waals surface area contributed by atoms with Gasteiger partial charge in [0.15, 0.2) is 24.0 Å². The largest absolute Gasteiger partial charge is 0.481 e. The molecule has 0 saturated carbocycles. The topological polar surface area (TPSA) is 78.9 Å². The third-order valence-electron chi connectivity index (χ3n) is 3.91. The number of hydrogen-bond acceptors (Lipinski definition) is 6. The molecule has 0 radical (unpaired) electrons. The number of benzene rings is 1. The Labute approximate surface area is 184 Å². The highest BCUT2D eigenvalue weighted by Crippen LogP contribution is 2.33. The van der Waals surface area contributed by atoms with Gasteiger partial charge in [0.25, 0.3) is 11.8 Å². The summed E-state index contributed by atoms with van der Waals surface area (Å²) in [6, 6.07) is 6.70. The summed E-state index contributed by atoms with van der Waals surface area (Å²) in [5.74, 6) is -1.32. The van der Waals surface area contributed by atoms with Gasteiger partial charge >= 0.3 is 6.18 Å². The quantitative estimate of drug-likeness (QED) is 0.326. The van der Waals surface area contributed by atoms with Crippen molar-refractivity contribution in [2.24, 2.45) is 0 Å². The van der Waals surface area contributed by atoms with Crippen molar-refractivity contribution in [3.63, 3.8) is 0 Å². The summed E-state index contributed by atoms with van der Waals surface area (Å²) in [6.45, 7) is -0.453. The molecule has 0 N–H and O–H groups in total. The lowest BCUT2D eigenvalue weighted by molar-refractivity contribution is -0.137. The van der Waals surface area contributed by atoms with Gasteiger partial charge in [-0.3, -0.25) is 0 Å². The standard InChI is InChI=1S/C18H9BrClF4N5O2/c19-14-7-12(29(28-14)16-10(20)2-1-5-25-16)17-27-26-15(31-17)8-30-13-6-9(18(22,23)24)3-4-11(13)21/h1-7H,8H2. The van der Waals surface area contributed by atoms with Crippen molar-refractivity contribution < 1.29 is 26.7 Å². The van der Waals surface area contributed by atoms with Crippen LogP contribution >= 0.6 is 27.5 Å². The molecule has 0 bridgehead atoms. The van der Waals surface area contributed by atoms with Crippen molar-refractivity contribution in [1.82, 2.24) is 25.0 Å². The van der Waals surface area contributed by atoms with E-state index in [9.17, 15) is 17.6 Å². The second kappa shape index (κ2) is 8.27. The van der Waals surface area contributed by atoms with Gasteiger partial charge in [0.2, 0.25) is 0 Å². The summed E-state index contributed by atoms with van der Waals surface area (Å²) in [5.41, 5.74) is -0.701. The zero-order valence-corrected chi connectivity index (χ0v) is 17.4. The highest BCUT2D eigenvalue weighted by molar-refractivity contribution is 9.10. The fourth-order valence-electron chi connectivity index (χ4n) is 2.54. The molecule has 0 saturated heterocycles. The molecule has 0 aliphatic heterocycles. The van der Waals surface area contributed by atoms with Crippen LogP contribution in [0.15, 0.2) is 51.6 Å². The number of ether oxygens (including phenoxy) is 1. The van der Waals surface area contributed by atoms with Crippen LogP contribution < -0.4 is 4.74 Å². The monoisotopic (exact) mass is 517 g/mol. The molecule has 0 fully saturated rings. The molecule has 3 aromatic heterocycles. The summed E-state index contributed by atoms with van der Waals surface area (Å²) >= 11 is 9.42. The van der Waals surface area contributed by atoms with Gasteiger partial charge in [-0.2, -0.15) is 18.3 Å². The molecule has 4 aromatic rings. The third-order valence-corrected chi connectivity index (χ3v) is 4.60. The van der Waals surface area contributed by atoms with Crippen molar-refractivity contribution in [3.05, 3.63) is 69.5 Å². The first-order valence-corrected chi connectivity index (χ1v) is 9.58. The van der Waals surface area contributed by atoms with Crippen molar-refractivity contribution >= 4 is 27.5 Å². The lowest BCUT2D eigenvalue weighted by atomic mass is 10.2. The van der Waals surface area contributed by atoms with E-state index < -0.39 is 29.9 Å². The number of alkyl halides is 3. The van der Waals surface area contributed by atoms with Gasteiger partial charge in [0.1, 0.15) is 10.3 Å². The molecule has 0 spiro atoms. The molecule has 1 aromatic carbocycles. The second-order valence-electron chi connectivity index (χ2n) is 6.01. The summed E-state index contributed by atoms with van der Waals surface area (Å²) in [4.78, 5) is 4.17. The van der Waals surface area contributed by atoms with Crippen LogP contribution in [0.4, 0.5) is 17.6 Å². The number of nitrogens with zero attached hydrogens (tertiary/aromatic N) is 5. The highest BCUT2D eigenvalue weighted by atomic mass is 79.9. The van der Waals surface area contributed by atoms with Crippen LogP contribution in [0, 0.1) is 5.82 Å². The average molecular weight is 519 g/mol. The number of hydrogen-bond donors (Lipinski definition) is 0. The molecule has 0 amide bonds. The first-order chi connectivity index (χ1) is 14.7. The van der Waals surface area contributed by atoms with Gasteiger partial charge in [-0.15, -0.1) is 10.2 Å². The zero-order valence-electron chi connectivity index (χ0n) is 15.1. The molecule has 13 heteroatoms. The summed E-state index contributed by atoms with van der Waals surface area (Å²) < 4.78 is 64.7. The smallest absolute Gasteiger partial charge is 0.416 e. The normalized spacial score (nSPS) is 11.7. The fourth-order valence-corrected chi connectivity index (χ4v) is 3.12. The maximum Gasteiger partial charge on any atom is 0.416 e. The minimum atomic E-state index is -4.64. The predicted molar refractivity (Wildman–Crippen MR) is 103 cm³/mol. The van der Waals surface area contributed by atoms with E-state index in [1.807, 2.05) is 0 Å². The Kier molecular flexibility index (Phi) is 5.67.